The van der Waals surface area contributed by atoms with Crippen LogP contribution in [0.2, 0.25) is 0 Å². The standard InChI is InChI=1S/C26H33N3O6/c1-5-11-26(25(31)29-27-17-19-14-22(32-3)16-23(15-19)33-4)18(2)35-24(28-26)20-7-9-21(10-8-20)34-13-6-12-30/h5,7-10,14-16,18,27,30H,1,6,11-13,17H2,2-4H3,(H,29,31)/t18-,26-/m0/s1. The second-order valence-corrected chi connectivity index (χ2v) is 8.07. The van der Waals surface area contributed by atoms with E-state index in [1.165, 1.54) is 0 Å². The largest absolute Gasteiger partial charge is 0.497 e. The fraction of sp³-hybridized carbons (Fsp3) is 0.385. The van der Waals surface area contributed by atoms with Crippen molar-refractivity contribution >= 4 is 11.8 Å². The zero-order valence-electron chi connectivity index (χ0n) is 20.4. The van der Waals surface area contributed by atoms with Crippen LogP contribution in [0.15, 0.2) is 60.1 Å². The molecule has 0 saturated heterocycles. The highest BCUT2D eigenvalue weighted by Gasteiger charge is 2.49. The van der Waals surface area contributed by atoms with E-state index in [1.807, 2.05) is 31.2 Å². The molecule has 9 nitrogen and oxygen atoms in total. The number of hydrogen-bond acceptors (Lipinski definition) is 8. The number of ether oxygens (including phenoxy) is 4. The number of methoxy groups -OCH3 is 2. The summed E-state index contributed by atoms with van der Waals surface area (Å²) in [6.07, 6.45) is 2.03. The Balaban J connectivity index is 1.70. The van der Waals surface area contributed by atoms with E-state index in [0.29, 0.717) is 49.1 Å². The molecule has 0 radical (unpaired) electrons. The third kappa shape index (κ3) is 6.32. The number of aliphatic hydroxyl groups is 1. The summed E-state index contributed by atoms with van der Waals surface area (Å²) in [4.78, 5) is 18.0. The van der Waals surface area contributed by atoms with Crippen molar-refractivity contribution in [3.8, 4) is 17.2 Å². The highest BCUT2D eigenvalue weighted by molar-refractivity contribution is 6.00. The van der Waals surface area contributed by atoms with E-state index < -0.39 is 11.6 Å². The van der Waals surface area contributed by atoms with Gasteiger partial charge in [-0.25, -0.2) is 10.4 Å². The average Bonchev–Trinajstić information content (AvgIpc) is 3.21. The molecule has 1 amide bonds. The SMILES string of the molecule is C=CC[C@]1(C(=O)NNCc2cc(OC)cc(OC)c2)N=C(c2ccc(OCCCO)cc2)O[C@H]1C. The Morgan fingerprint density at radius 2 is 1.86 bits per heavy atom. The molecular weight excluding hydrogens is 450 g/mol. The lowest BCUT2D eigenvalue weighted by Gasteiger charge is -2.27. The first-order chi connectivity index (χ1) is 16.9. The van der Waals surface area contributed by atoms with Crippen LogP contribution in [0, 0.1) is 0 Å². The van der Waals surface area contributed by atoms with Crippen LogP contribution in [0.5, 0.6) is 17.2 Å². The molecule has 0 saturated carbocycles. The summed E-state index contributed by atoms with van der Waals surface area (Å²) >= 11 is 0. The van der Waals surface area contributed by atoms with Crippen LogP contribution in [0.25, 0.3) is 0 Å². The van der Waals surface area contributed by atoms with Gasteiger partial charge in [-0.15, -0.1) is 6.58 Å². The highest BCUT2D eigenvalue weighted by atomic mass is 16.5. The molecular formula is C26H33N3O6. The van der Waals surface area contributed by atoms with Crippen molar-refractivity contribution in [3.63, 3.8) is 0 Å². The zero-order valence-corrected chi connectivity index (χ0v) is 20.4. The predicted molar refractivity (Wildman–Crippen MR) is 133 cm³/mol. The first kappa shape index (κ1) is 26.1. The number of aliphatic hydroxyl groups excluding tert-OH is 1. The van der Waals surface area contributed by atoms with Crippen LogP contribution in [0.1, 0.15) is 30.9 Å². The molecule has 3 N–H and O–H groups in total. The number of hydrogen-bond donors (Lipinski definition) is 3. The maximum atomic E-state index is 13.3. The van der Waals surface area contributed by atoms with E-state index in [1.54, 1.807) is 38.5 Å². The number of benzene rings is 2. The van der Waals surface area contributed by atoms with Gasteiger partial charge in [-0.2, -0.15) is 0 Å². The highest BCUT2D eigenvalue weighted by Crippen LogP contribution is 2.32. The van der Waals surface area contributed by atoms with Crippen molar-refractivity contribution in [2.24, 2.45) is 4.99 Å². The summed E-state index contributed by atoms with van der Waals surface area (Å²) in [5.74, 6) is 2.06. The Morgan fingerprint density at radius 1 is 1.17 bits per heavy atom. The molecule has 188 valence electrons. The Bertz CT molecular complexity index is 1020. The summed E-state index contributed by atoms with van der Waals surface area (Å²) in [7, 11) is 3.17. The number of nitrogens with one attached hydrogen (secondary N) is 2. The van der Waals surface area contributed by atoms with Crippen molar-refractivity contribution in [2.45, 2.75) is 38.0 Å². The lowest BCUT2D eigenvalue weighted by molar-refractivity contribution is -0.129. The van der Waals surface area contributed by atoms with E-state index in [9.17, 15) is 4.79 Å². The maximum Gasteiger partial charge on any atom is 0.266 e. The number of nitrogens with zero attached hydrogens (tertiary/aromatic N) is 1. The quantitative estimate of drug-likeness (QED) is 0.228. The molecule has 1 aliphatic rings. The molecule has 3 rings (SSSR count). The van der Waals surface area contributed by atoms with Gasteiger partial charge < -0.3 is 24.1 Å². The predicted octanol–water partition coefficient (Wildman–Crippen LogP) is 2.77. The van der Waals surface area contributed by atoms with Crippen molar-refractivity contribution in [2.75, 3.05) is 27.4 Å². The average molecular weight is 484 g/mol. The van der Waals surface area contributed by atoms with Crippen LogP contribution in [0.4, 0.5) is 0 Å². The van der Waals surface area contributed by atoms with E-state index >= 15 is 0 Å². The van der Waals surface area contributed by atoms with Gasteiger partial charge in [0.15, 0.2) is 5.54 Å². The second kappa shape index (κ2) is 12.2. The Hall–Kier alpha value is -3.56. The van der Waals surface area contributed by atoms with Gasteiger partial charge in [-0.05, 0) is 48.9 Å². The van der Waals surface area contributed by atoms with Crippen molar-refractivity contribution in [1.82, 2.24) is 10.9 Å². The first-order valence-electron chi connectivity index (χ1n) is 11.4. The number of aliphatic imine (C=N–C) groups is 1. The number of amides is 1. The van der Waals surface area contributed by atoms with Crippen LogP contribution < -0.4 is 25.1 Å². The lowest BCUT2D eigenvalue weighted by Crippen LogP contribution is -2.54. The summed E-state index contributed by atoms with van der Waals surface area (Å²) in [6, 6.07) is 12.8. The second-order valence-electron chi connectivity index (χ2n) is 8.07. The molecule has 0 aliphatic carbocycles. The van der Waals surface area contributed by atoms with E-state index in [0.717, 1.165) is 11.1 Å². The minimum atomic E-state index is -1.16. The van der Waals surface area contributed by atoms with Crippen molar-refractivity contribution < 1.29 is 28.8 Å². The Kier molecular flexibility index (Phi) is 9.11. The Labute approximate surface area is 205 Å². The van der Waals surface area contributed by atoms with Crippen LogP contribution >= 0.6 is 0 Å². The molecule has 0 unspecified atom stereocenters. The van der Waals surface area contributed by atoms with Gasteiger partial charge in [0.2, 0.25) is 5.90 Å². The first-order valence-corrected chi connectivity index (χ1v) is 11.4. The smallest absolute Gasteiger partial charge is 0.266 e. The lowest BCUT2D eigenvalue weighted by atomic mass is 9.90. The van der Waals surface area contributed by atoms with Gasteiger partial charge in [0.1, 0.15) is 23.4 Å². The molecule has 1 heterocycles. The molecule has 9 heteroatoms. The van der Waals surface area contributed by atoms with Crippen molar-refractivity contribution in [1.29, 1.82) is 0 Å². The minimum absolute atomic E-state index is 0.0800. The minimum Gasteiger partial charge on any atom is -0.497 e. The fourth-order valence-electron chi connectivity index (χ4n) is 3.71. The summed E-state index contributed by atoms with van der Waals surface area (Å²) in [6.45, 7) is 6.50. The normalized spacial score (nSPS) is 18.9. The fourth-order valence-corrected chi connectivity index (χ4v) is 3.71. The molecule has 0 fully saturated rings. The zero-order chi connectivity index (χ0) is 25.3. The monoisotopic (exact) mass is 483 g/mol. The van der Waals surface area contributed by atoms with Crippen molar-refractivity contribution in [3.05, 3.63) is 66.2 Å². The molecule has 0 spiro atoms. The third-order valence-corrected chi connectivity index (χ3v) is 5.69. The Morgan fingerprint density at radius 3 is 2.46 bits per heavy atom. The maximum absolute atomic E-state index is 13.3. The summed E-state index contributed by atoms with van der Waals surface area (Å²) in [5, 5.41) is 8.88. The van der Waals surface area contributed by atoms with Gasteiger partial charge in [0.25, 0.3) is 5.91 Å². The van der Waals surface area contributed by atoms with Gasteiger partial charge in [-0.1, -0.05) is 6.08 Å². The number of rotatable bonds is 13. The molecule has 0 bridgehead atoms. The van der Waals surface area contributed by atoms with E-state index in [2.05, 4.69) is 17.4 Å². The molecule has 2 aromatic carbocycles. The van der Waals surface area contributed by atoms with E-state index in [-0.39, 0.29) is 12.5 Å². The van der Waals surface area contributed by atoms with Crippen LogP contribution in [-0.4, -0.2) is 56.0 Å². The number of hydrazine groups is 1. The van der Waals surface area contributed by atoms with Crippen LogP contribution in [-0.2, 0) is 16.1 Å². The number of carbonyl (C=O) groups excluding carboxylic acids is 1. The molecule has 2 atom stereocenters. The number of carbonyl (C=O) groups is 1. The van der Waals surface area contributed by atoms with E-state index in [4.69, 9.17) is 29.0 Å². The van der Waals surface area contributed by atoms with Gasteiger partial charge >= 0.3 is 0 Å². The molecule has 35 heavy (non-hydrogen) atoms. The summed E-state index contributed by atoms with van der Waals surface area (Å²) < 4.78 is 22.2. The van der Waals surface area contributed by atoms with Gasteiger partial charge in [0, 0.05) is 37.6 Å². The van der Waals surface area contributed by atoms with Gasteiger partial charge in [-0.3, -0.25) is 10.2 Å². The molecule has 0 aromatic heterocycles. The molecule has 2 aromatic rings. The van der Waals surface area contributed by atoms with Gasteiger partial charge in [0.05, 0.1) is 20.8 Å². The van der Waals surface area contributed by atoms with Crippen LogP contribution in [0.3, 0.4) is 0 Å². The molecule has 1 aliphatic heterocycles. The summed E-state index contributed by atoms with van der Waals surface area (Å²) in [5.41, 5.74) is 6.19. The third-order valence-electron chi connectivity index (χ3n) is 5.69. The topological polar surface area (TPSA) is 111 Å².